The van der Waals surface area contributed by atoms with E-state index in [2.05, 4.69) is 20.9 Å². The third kappa shape index (κ3) is 5.40. The summed E-state index contributed by atoms with van der Waals surface area (Å²) in [4.78, 5) is 44.0. The molecule has 5 rings (SSSR count). The number of nitrogens with one attached hydrogen (secondary N) is 3. The normalized spacial score (nSPS) is 13.2. The number of aromatic nitrogens is 2. The molecule has 0 atom stereocenters. The summed E-state index contributed by atoms with van der Waals surface area (Å²) in [6, 6.07) is 13.1. The van der Waals surface area contributed by atoms with Crippen molar-refractivity contribution in [3.8, 4) is 11.1 Å². The van der Waals surface area contributed by atoms with Crippen LogP contribution in [0.15, 0.2) is 65.6 Å². The maximum Gasteiger partial charge on any atom is 0.323 e. The monoisotopic (exact) mass is 550 g/mol. The quantitative estimate of drug-likeness (QED) is 0.286. The van der Waals surface area contributed by atoms with Crippen LogP contribution >= 0.6 is 11.6 Å². The van der Waals surface area contributed by atoms with Gasteiger partial charge in [0.2, 0.25) is 0 Å². The number of aliphatic hydroxyl groups excluding tert-OH is 1. The summed E-state index contributed by atoms with van der Waals surface area (Å²) in [5.41, 5.74) is 0.921. The summed E-state index contributed by atoms with van der Waals surface area (Å²) in [6.07, 6.45) is 0.978. The SMILES string of the molecule is CCn1c(=O)c(-c2cc(NC(=O)Nc3ccccc3)c(F)cc2Cl)cc2cnc(NC(=O)N3CC(O)C3)cc21. The van der Waals surface area contributed by atoms with E-state index in [1.165, 1.54) is 21.7 Å². The number of hydrogen-bond donors (Lipinski definition) is 4. The zero-order valence-electron chi connectivity index (χ0n) is 20.7. The maximum atomic E-state index is 14.7. The highest BCUT2D eigenvalue weighted by molar-refractivity contribution is 6.33. The number of fused-ring (bicyclic) bond motifs is 1. The van der Waals surface area contributed by atoms with E-state index in [1.54, 1.807) is 49.4 Å². The fourth-order valence-electron chi connectivity index (χ4n) is 4.31. The molecule has 12 heteroatoms. The van der Waals surface area contributed by atoms with Crippen molar-refractivity contribution in [3.05, 3.63) is 82.0 Å². The predicted octanol–water partition coefficient (Wildman–Crippen LogP) is 4.73. The van der Waals surface area contributed by atoms with E-state index in [4.69, 9.17) is 11.6 Å². The third-order valence-electron chi connectivity index (χ3n) is 6.31. The molecule has 0 saturated carbocycles. The van der Waals surface area contributed by atoms with Gasteiger partial charge in [-0.2, -0.15) is 0 Å². The van der Waals surface area contributed by atoms with E-state index < -0.39 is 29.5 Å². The van der Waals surface area contributed by atoms with Gasteiger partial charge in [-0.05, 0) is 37.3 Å². The first-order valence-electron chi connectivity index (χ1n) is 12.1. The largest absolute Gasteiger partial charge is 0.389 e. The lowest BCUT2D eigenvalue weighted by Gasteiger charge is -2.35. The van der Waals surface area contributed by atoms with Crippen LogP contribution < -0.4 is 21.5 Å². The van der Waals surface area contributed by atoms with Gasteiger partial charge in [0.25, 0.3) is 5.56 Å². The van der Waals surface area contributed by atoms with Crippen LogP contribution in [0.5, 0.6) is 0 Å². The van der Waals surface area contributed by atoms with Crippen LogP contribution in [0.4, 0.5) is 31.2 Å². The number of carbonyl (C=O) groups is 2. The van der Waals surface area contributed by atoms with Gasteiger partial charge in [0.15, 0.2) is 0 Å². The molecule has 1 fully saturated rings. The highest BCUT2D eigenvalue weighted by Gasteiger charge is 2.29. The Morgan fingerprint density at radius 1 is 1.08 bits per heavy atom. The molecule has 1 aliphatic heterocycles. The highest BCUT2D eigenvalue weighted by Crippen LogP contribution is 2.33. The predicted molar refractivity (Wildman–Crippen MR) is 148 cm³/mol. The minimum atomic E-state index is -0.764. The lowest BCUT2D eigenvalue weighted by molar-refractivity contribution is 0.0308. The minimum Gasteiger partial charge on any atom is -0.389 e. The standard InChI is InChI=1S/C27H24ClFN6O4/c1-2-35-23-11-24(33-27(39)34-13-17(36)14-34)30-12-15(23)8-19(25(35)37)18-9-22(21(29)10-20(18)28)32-26(38)31-16-6-4-3-5-7-16/h3-12,17,36H,2,13-14H2,1H3,(H,30,33,39)(H2,31,32,38). The Morgan fingerprint density at radius 3 is 2.51 bits per heavy atom. The first-order chi connectivity index (χ1) is 18.7. The molecule has 0 unspecified atom stereocenters. The summed E-state index contributed by atoms with van der Waals surface area (Å²) in [6.45, 7) is 2.57. The van der Waals surface area contributed by atoms with Crippen molar-refractivity contribution in [1.29, 1.82) is 0 Å². The Labute approximate surface area is 227 Å². The van der Waals surface area contributed by atoms with E-state index in [9.17, 15) is 23.9 Å². The fraction of sp³-hybridized carbons (Fsp3) is 0.185. The van der Waals surface area contributed by atoms with E-state index in [0.29, 0.717) is 23.1 Å². The van der Waals surface area contributed by atoms with E-state index in [1.807, 2.05) is 0 Å². The summed E-state index contributed by atoms with van der Waals surface area (Å²) in [7, 11) is 0. The number of carbonyl (C=O) groups excluding carboxylic acids is 2. The first-order valence-corrected chi connectivity index (χ1v) is 12.5. The molecule has 4 aromatic rings. The Morgan fingerprint density at radius 2 is 1.82 bits per heavy atom. The van der Waals surface area contributed by atoms with Crippen molar-refractivity contribution < 1.29 is 19.1 Å². The average molecular weight is 551 g/mol. The number of pyridine rings is 2. The zero-order valence-corrected chi connectivity index (χ0v) is 21.5. The summed E-state index contributed by atoms with van der Waals surface area (Å²) >= 11 is 6.36. The highest BCUT2D eigenvalue weighted by atomic mass is 35.5. The summed E-state index contributed by atoms with van der Waals surface area (Å²) in [5, 5.41) is 17.7. The second-order valence-electron chi connectivity index (χ2n) is 8.98. The number of anilines is 3. The van der Waals surface area contributed by atoms with Crippen LogP contribution in [0.3, 0.4) is 0 Å². The molecule has 1 saturated heterocycles. The van der Waals surface area contributed by atoms with E-state index in [-0.39, 0.29) is 40.7 Å². The molecule has 0 spiro atoms. The van der Waals surface area contributed by atoms with Crippen LogP contribution in [-0.2, 0) is 6.54 Å². The van der Waals surface area contributed by atoms with Gasteiger partial charge >= 0.3 is 12.1 Å². The number of benzene rings is 2. The zero-order chi connectivity index (χ0) is 27.7. The van der Waals surface area contributed by atoms with E-state index >= 15 is 0 Å². The van der Waals surface area contributed by atoms with Gasteiger partial charge < -0.3 is 25.2 Å². The number of hydrogen-bond acceptors (Lipinski definition) is 5. The van der Waals surface area contributed by atoms with Crippen LogP contribution in [-0.4, -0.2) is 50.8 Å². The average Bonchev–Trinajstić information content (AvgIpc) is 2.89. The van der Waals surface area contributed by atoms with Gasteiger partial charge in [-0.15, -0.1) is 0 Å². The van der Waals surface area contributed by atoms with Crippen molar-refractivity contribution in [2.24, 2.45) is 0 Å². The second-order valence-corrected chi connectivity index (χ2v) is 9.39. The van der Waals surface area contributed by atoms with Crippen LogP contribution in [0.1, 0.15) is 6.92 Å². The van der Waals surface area contributed by atoms with Crippen molar-refractivity contribution in [2.75, 3.05) is 29.0 Å². The molecule has 2 aromatic carbocycles. The molecular weight excluding hydrogens is 527 g/mol. The topological polar surface area (TPSA) is 129 Å². The molecule has 2 aromatic heterocycles. The lowest BCUT2D eigenvalue weighted by Crippen LogP contribution is -2.54. The number of aryl methyl sites for hydroxylation is 1. The van der Waals surface area contributed by atoms with Gasteiger partial charge in [0, 0.05) is 41.0 Å². The van der Waals surface area contributed by atoms with Crippen LogP contribution in [0.2, 0.25) is 5.02 Å². The number of halogens is 2. The van der Waals surface area contributed by atoms with Crippen molar-refractivity contribution in [2.45, 2.75) is 19.6 Å². The third-order valence-corrected chi connectivity index (χ3v) is 6.62. The maximum absolute atomic E-state index is 14.7. The van der Waals surface area contributed by atoms with Crippen molar-refractivity contribution >= 4 is 51.8 Å². The summed E-state index contributed by atoms with van der Waals surface area (Å²) < 4.78 is 16.2. The second kappa shape index (κ2) is 10.7. The van der Waals surface area contributed by atoms with Gasteiger partial charge in [0.05, 0.1) is 35.4 Å². The Balaban J connectivity index is 1.47. The van der Waals surface area contributed by atoms with Gasteiger partial charge in [-0.1, -0.05) is 29.8 Å². The van der Waals surface area contributed by atoms with Gasteiger partial charge in [-0.25, -0.2) is 19.0 Å². The number of rotatable bonds is 5. The number of likely N-dealkylation sites (tertiary alicyclic amines) is 1. The van der Waals surface area contributed by atoms with Crippen LogP contribution in [0, 0.1) is 5.82 Å². The van der Waals surface area contributed by atoms with Crippen LogP contribution in [0.25, 0.3) is 22.0 Å². The van der Waals surface area contributed by atoms with Gasteiger partial charge in [0.1, 0.15) is 11.6 Å². The molecule has 1 aliphatic rings. The van der Waals surface area contributed by atoms with Gasteiger partial charge in [-0.3, -0.25) is 10.1 Å². The molecule has 3 heterocycles. The number of aliphatic hydroxyl groups is 1. The van der Waals surface area contributed by atoms with Crippen molar-refractivity contribution in [3.63, 3.8) is 0 Å². The molecule has 0 radical (unpaired) electrons. The molecule has 0 bridgehead atoms. The molecule has 0 aliphatic carbocycles. The Kier molecular flexibility index (Phi) is 7.18. The molecular formula is C27H24ClFN6O4. The molecule has 10 nitrogen and oxygen atoms in total. The van der Waals surface area contributed by atoms with Crippen molar-refractivity contribution in [1.82, 2.24) is 14.5 Å². The fourth-order valence-corrected chi connectivity index (χ4v) is 4.57. The number of urea groups is 2. The van der Waals surface area contributed by atoms with E-state index in [0.717, 1.165) is 6.07 Å². The number of β-amino-alcohol motifs (C(OH)–C–C–N with tert-alkyl or cyclic N) is 1. The number of amides is 4. The Bertz CT molecular complexity index is 1640. The Hall–Kier alpha value is -4.48. The summed E-state index contributed by atoms with van der Waals surface area (Å²) in [5.74, 6) is -0.515. The molecule has 39 heavy (non-hydrogen) atoms. The lowest BCUT2D eigenvalue weighted by atomic mass is 10.0. The number of para-hydroxylation sites is 1. The molecule has 200 valence electrons. The first kappa shape index (κ1) is 26.1. The smallest absolute Gasteiger partial charge is 0.323 e. The molecule has 4 amide bonds. The minimum absolute atomic E-state index is 0.00537. The number of nitrogens with zero attached hydrogens (tertiary/aromatic N) is 3. The molecule has 4 N–H and O–H groups in total.